The molecular weight excluding hydrogens is 267 g/mol. The fourth-order valence-electron chi connectivity index (χ4n) is 2.75. The molecule has 0 atom stereocenters. The minimum absolute atomic E-state index is 0.0653. The average molecular weight is 288 g/mol. The lowest BCUT2D eigenvalue weighted by atomic mass is 10.0. The lowest BCUT2D eigenvalue weighted by Crippen LogP contribution is -2.40. The highest BCUT2D eigenvalue weighted by atomic mass is 19.1. The average Bonchev–Trinajstić information content (AvgIpc) is 2.70. The molecule has 1 aliphatic heterocycles. The van der Waals surface area contributed by atoms with Gasteiger partial charge in [0.25, 0.3) is 0 Å². The van der Waals surface area contributed by atoms with E-state index in [9.17, 15) is 4.39 Å². The lowest BCUT2D eigenvalue weighted by molar-refractivity contribution is 0.502. The Balaban J connectivity index is 2.18. The minimum atomic E-state index is -0.235. The molecule has 0 saturated carbocycles. The summed E-state index contributed by atoms with van der Waals surface area (Å²) in [4.78, 5) is 2.28. The Hall–Kier alpha value is -2.04. The molecule has 21 heavy (non-hydrogen) atoms. The van der Waals surface area contributed by atoms with Crippen molar-refractivity contribution in [3.8, 4) is 0 Å². The van der Waals surface area contributed by atoms with Crippen LogP contribution >= 0.6 is 0 Å². The largest absolute Gasteiger partial charge is 0.360 e. The summed E-state index contributed by atoms with van der Waals surface area (Å²) in [5.41, 5.74) is 2.87. The van der Waals surface area contributed by atoms with Crippen molar-refractivity contribution in [1.29, 1.82) is 0 Å². The summed E-state index contributed by atoms with van der Waals surface area (Å²) in [5.74, 6) is 0.720. The molecule has 3 rings (SSSR count). The van der Waals surface area contributed by atoms with Crippen molar-refractivity contribution in [3.63, 3.8) is 0 Å². The molecule has 0 bridgehead atoms. The summed E-state index contributed by atoms with van der Waals surface area (Å²) in [6.07, 6.45) is 1.90. The zero-order valence-electron chi connectivity index (χ0n) is 12.9. The van der Waals surface area contributed by atoms with Crippen LogP contribution in [0.3, 0.4) is 0 Å². The molecule has 2 heterocycles. The summed E-state index contributed by atoms with van der Waals surface area (Å²) < 4.78 is 15.6. The first-order valence-electron chi connectivity index (χ1n) is 7.29. The Bertz CT molecular complexity index is 669. The van der Waals surface area contributed by atoms with Crippen LogP contribution in [0.5, 0.6) is 0 Å². The van der Waals surface area contributed by atoms with Crippen molar-refractivity contribution >= 4 is 17.2 Å². The van der Waals surface area contributed by atoms with Gasteiger partial charge in [-0.3, -0.25) is 0 Å². The van der Waals surface area contributed by atoms with Gasteiger partial charge in [-0.25, -0.2) is 9.07 Å². The lowest BCUT2D eigenvalue weighted by Gasteiger charge is -2.37. The highest BCUT2D eigenvalue weighted by Gasteiger charge is 2.29. The molecule has 1 N–H and O–H groups in total. The van der Waals surface area contributed by atoms with E-state index in [4.69, 9.17) is 0 Å². The van der Waals surface area contributed by atoms with E-state index in [-0.39, 0.29) is 11.4 Å². The summed E-state index contributed by atoms with van der Waals surface area (Å²) >= 11 is 0. The monoisotopic (exact) mass is 288 g/mol. The summed E-state index contributed by atoms with van der Waals surface area (Å²) in [7, 11) is 0. The summed E-state index contributed by atoms with van der Waals surface area (Å²) in [6.45, 7) is 10.1. The second kappa shape index (κ2) is 4.76. The van der Waals surface area contributed by atoms with Crippen LogP contribution in [-0.4, -0.2) is 15.3 Å². The topological polar surface area (TPSA) is 33.1 Å². The minimum Gasteiger partial charge on any atom is -0.360 e. The molecule has 0 fully saturated rings. The molecule has 1 aromatic heterocycles. The number of halogens is 1. The molecule has 1 aliphatic rings. The van der Waals surface area contributed by atoms with Crippen LogP contribution in [0.1, 0.15) is 33.3 Å². The first kappa shape index (κ1) is 13.9. The number of nitrogens with zero attached hydrogens (tertiary/aromatic N) is 3. The third-order valence-electron chi connectivity index (χ3n) is 3.86. The third kappa shape index (κ3) is 2.37. The van der Waals surface area contributed by atoms with Gasteiger partial charge in [-0.15, -0.1) is 0 Å². The number of benzene rings is 1. The van der Waals surface area contributed by atoms with Crippen molar-refractivity contribution < 1.29 is 4.39 Å². The van der Waals surface area contributed by atoms with Crippen LogP contribution in [0.2, 0.25) is 0 Å². The van der Waals surface area contributed by atoms with Gasteiger partial charge in [0, 0.05) is 24.2 Å². The molecule has 4 nitrogen and oxygen atoms in total. The van der Waals surface area contributed by atoms with Gasteiger partial charge in [0.1, 0.15) is 11.6 Å². The van der Waals surface area contributed by atoms with Gasteiger partial charge >= 0.3 is 0 Å². The van der Waals surface area contributed by atoms with Crippen LogP contribution in [0.25, 0.3) is 0 Å². The predicted octanol–water partition coefficient (Wildman–Crippen LogP) is 3.90. The number of aromatic nitrogens is 2. The molecule has 0 saturated heterocycles. The van der Waals surface area contributed by atoms with Crippen LogP contribution in [0, 0.1) is 5.82 Å². The summed E-state index contributed by atoms with van der Waals surface area (Å²) in [5, 5.41) is 7.77. The second-order valence-corrected chi connectivity index (χ2v) is 6.38. The van der Waals surface area contributed by atoms with E-state index >= 15 is 0 Å². The quantitative estimate of drug-likeness (QED) is 0.864. The van der Waals surface area contributed by atoms with E-state index in [1.54, 1.807) is 6.07 Å². The van der Waals surface area contributed by atoms with Crippen molar-refractivity contribution in [2.24, 2.45) is 0 Å². The van der Waals surface area contributed by atoms with Gasteiger partial charge in [0.15, 0.2) is 0 Å². The van der Waals surface area contributed by atoms with Crippen molar-refractivity contribution in [3.05, 3.63) is 35.8 Å². The zero-order chi connectivity index (χ0) is 15.2. The number of aryl methyl sites for hydroxylation is 1. The van der Waals surface area contributed by atoms with E-state index in [1.807, 2.05) is 23.9 Å². The second-order valence-electron chi connectivity index (χ2n) is 6.38. The number of anilines is 3. The fraction of sp³-hybridized carbons (Fsp3) is 0.438. The SMILES string of the molecule is CCn1ncc2c1Nc1cc(F)ccc1N(C(C)(C)C)C2. The Kier molecular flexibility index (Phi) is 3.15. The van der Waals surface area contributed by atoms with Gasteiger partial charge in [0.2, 0.25) is 0 Å². The van der Waals surface area contributed by atoms with Gasteiger partial charge in [0.05, 0.1) is 17.6 Å². The maximum atomic E-state index is 13.7. The zero-order valence-corrected chi connectivity index (χ0v) is 12.9. The Labute approximate surface area is 124 Å². The Morgan fingerprint density at radius 3 is 2.76 bits per heavy atom. The molecule has 0 amide bonds. The number of hydrogen-bond acceptors (Lipinski definition) is 3. The number of fused-ring (bicyclic) bond motifs is 2. The van der Waals surface area contributed by atoms with Crippen molar-refractivity contribution in [2.75, 3.05) is 10.2 Å². The maximum Gasteiger partial charge on any atom is 0.133 e. The van der Waals surface area contributed by atoms with Crippen LogP contribution in [0.15, 0.2) is 24.4 Å². The number of nitrogens with one attached hydrogen (secondary N) is 1. The van der Waals surface area contributed by atoms with Crippen LogP contribution < -0.4 is 10.2 Å². The van der Waals surface area contributed by atoms with E-state index in [2.05, 4.69) is 36.1 Å². The normalized spacial score (nSPS) is 14.2. The smallest absolute Gasteiger partial charge is 0.133 e. The molecule has 5 heteroatoms. The van der Waals surface area contributed by atoms with E-state index < -0.39 is 0 Å². The van der Waals surface area contributed by atoms with Crippen molar-refractivity contribution in [1.82, 2.24) is 9.78 Å². The van der Waals surface area contributed by atoms with Crippen molar-refractivity contribution in [2.45, 2.75) is 46.3 Å². The van der Waals surface area contributed by atoms with Gasteiger partial charge in [-0.2, -0.15) is 5.10 Å². The predicted molar refractivity (Wildman–Crippen MR) is 83.5 cm³/mol. The van der Waals surface area contributed by atoms with Gasteiger partial charge in [-0.05, 0) is 45.9 Å². The summed E-state index contributed by atoms with van der Waals surface area (Å²) in [6, 6.07) is 4.91. The molecule has 0 aliphatic carbocycles. The molecule has 2 aromatic rings. The Morgan fingerprint density at radius 1 is 1.33 bits per heavy atom. The molecule has 0 radical (unpaired) electrons. The van der Waals surface area contributed by atoms with Gasteiger partial charge < -0.3 is 10.2 Å². The fourth-order valence-corrected chi connectivity index (χ4v) is 2.75. The molecule has 1 aromatic carbocycles. The maximum absolute atomic E-state index is 13.7. The molecule has 112 valence electrons. The van der Waals surface area contributed by atoms with E-state index in [0.29, 0.717) is 0 Å². The number of hydrogen-bond donors (Lipinski definition) is 1. The Morgan fingerprint density at radius 2 is 2.10 bits per heavy atom. The third-order valence-corrected chi connectivity index (χ3v) is 3.86. The standard InChI is InChI=1S/C16H21FN4/c1-5-21-15-11(9-18-21)10-20(16(2,3)4)14-7-6-12(17)8-13(14)19-15/h6-9,19H,5,10H2,1-4H3. The van der Waals surface area contributed by atoms with Gasteiger partial charge in [-0.1, -0.05) is 0 Å². The van der Waals surface area contributed by atoms with E-state index in [1.165, 1.54) is 6.07 Å². The van der Waals surface area contributed by atoms with Crippen LogP contribution in [0.4, 0.5) is 21.6 Å². The molecular formula is C16H21FN4. The van der Waals surface area contributed by atoms with E-state index in [0.717, 1.165) is 35.8 Å². The van der Waals surface area contributed by atoms with Crippen LogP contribution in [-0.2, 0) is 13.1 Å². The number of rotatable bonds is 1. The highest BCUT2D eigenvalue weighted by Crippen LogP contribution is 2.39. The first-order valence-corrected chi connectivity index (χ1v) is 7.29. The molecule has 0 unspecified atom stereocenters. The highest BCUT2D eigenvalue weighted by molar-refractivity contribution is 5.78. The molecule has 0 spiro atoms. The first-order chi connectivity index (χ1) is 9.90.